The number of nitrogens with zero attached hydrogens (tertiary/aromatic N) is 1. The molecule has 0 aliphatic heterocycles. The first kappa shape index (κ1) is 10.8. The molecule has 0 rings (SSSR count). The van der Waals surface area contributed by atoms with Gasteiger partial charge in [0.05, 0.1) is 6.07 Å². The van der Waals surface area contributed by atoms with Gasteiger partial charge in [0.1, 0.15) is 4.99 Å². The van der Waals surface area contributed by atoms with Gasteiger partial charge in [-0.25, -0.2) is 0 Å². The first-order chi connectivity index (χ1) is 5.67. The van der Waals surface area contributed by atoms with Crippen LogP contribution in [0.3, 0.4) is 0 Å². The predicted octanol–water partition coefficient (Wildman–Crippen LogP) is -0.191. The van der Waals surface area contributed by atoms with Crippen molar-refractivity contribution in [2.45, 2.75) is 6.92 Å². The van der Waals surface area contributed by atoms with E-state index in [4.69, 9.17) is 17.5 Å². The Morgan fingerprint density at radius 3 is 2.67 bits per heavy atom. The SMILES string of the molecule is CCNC(=S)C(C#N)C(=O)NC. The third-order valence-corrected chi connectivity index (χ3v) is 1.63. The second-order valence-electron chi connectivity index (χ2n) is 2.07. The first-order valence-electron chi connectivity index (χ1n) is 3.56. The van der Waals surface area contributed by atoms with Crippen LogP contribution in [0, 0.1) is 17.2 Å². The van der Waals surface area contributed by atoms with Crippen molar-refractivity contribution in [2.75, 3.05) is 13.6 Å². The van der Waals surface area contributed by atoms with Crippen molar-refractivity contribution in [3.8, 4) is 6.07 Å². The Kier molecular flexibility index (Phi) is 4.97. The van der Waals surface area contributed by atoms with Gasteiger partial charge in [0.15, 0.2) is 5.92 Å². The standard InChI is InChI=1S/C7H11N3OS/c1-3-10-7(12)5(4-8)6(11)9-2/h5H,3H2,1-2H3,(H,9,11)(H,10,12). The molecule has 0 heterocycles. The molecule has 0 fully saturated rings. The van der Waals surface area contributed by atoms with Crippen LogP contribution in [0.25, 0.3) is 0 Å². The quantitative estimate of drug-likeness (QED) is 0.598. The molecule has 0 aromatic rings. The lowest BCUT2D eigenvalue weighted by molar-refractivity contribution is -0.121. The number of carbonyl (C=O) groups excluding carboxylic acids is 1. The van der Waals surface area contributed by atoms with Gasteiger partial charge in [-0.15, -0.1) is 0 Å². The highest BCUT2D eigenvalue weighted by Crippen LogP contribution is 1.96. The molecular formula is C7H11N3OS. The molecular weight excluding hydrogens is 174 g/mol. The fourth-order valence-corrected chi connectivity index (χ4v) is 0.961. The number of amides is 1. The Labute approximate surface area is 76.9 Å². The van der Waals surface area contributed by atoms with Crippen molar-refractivity contribution in [1.29, 1.82) is 5.26 Å². The average molecular weight is 185 g/mol. The van der Waals surface area contributed by atoms with E-state index in [1.165, 1.54) is 7.05 Å². The molecule has 0 aromatic carbocycles. The van der Waals surface area contributed by atoms with Crippen LogP contribution >= 0.6 is 12.2 Å². The van der Waals surface area contributed by atoms with Crippen molar-refractivity contribution in [3.05, 3.63) is 0 Å². The highest BCUT2D eigenvalue weighted by atomic mass is 32.1. The molecule has 2 N–H and O–H groups in total. The van der Waals surface area contributed by atoms with Crippen molar-refractivity contribution < 1.29 is 4.79 Å². The minimum Gasteiger partial charge on any atom is -0.378 e. The number of hydrogen-bond donors (Lipinski definition) is 2. The van der Waals surface area contributed by atoms with Crippen LogP contribution in [0.1, 0.15) is 6.92 Å². The Morgan fingerprint density at radius 2 is 2.33 bits per heavy atom. The summed E-state index contributed by atoms with van der Waals surface area (Å²) in [7, 11) is 1.47. The van der Waals surface area contributed by atoms with Gasteiger partial charge in [0, 0.05) is 13.6 Å². The lowest BCUT2D eigenvalue weighted by atomic mass is 10.1. The van der Waals surface area contributed by atoms with Crippen LogP contribution in [0.15, 0.2) is 0 Å². The molecule has 0 radical (unpaired) electrons. The largest absolute Gasteiger partial charge is 0.378 e. The predicted molar refractivity (Wildman–Crippen MR) is 49.4 cm³/mol. The van der Waals surface area contributed by atoms with Gasteiger partial charge in [-0.1, -0.05) is 12.2 Å². The highest BCUT2D eigenvalue weighted by Gasteiger charge is 2.20. The van der Waals surface area contributed by atoms with Crippen molar-refractivity contribution in [2.24, 2.45) is 5.92 Å². The summed E-state index contributed by atoms with van der Waals surface area (Å²) >= 11 is 4.82. The van der Waals surface area contributed by atoms with E-state index in [0.29, 0.717) is 6.54 Å². The molecule has 0 aliphatic rings. The van der Waals surface area contributed by atoms with Crippen LogP contribution in [-0.2, 0) is 4.79 Å². The van der Waals surface area contributed by atoms with Gasteiger partial charge in [0.25, 0.3) is 0 Å². The van der Waals surface area contributed by atoms with Gasteiger partial charge in [0.2, 0.25) is 5.91 Å². The van der Waals surface area contributed by atoms with E-state index in [2.05, 4.69) is 10.6 Å². The minimum atomic E-state index is -0.870. The van der Waals surface area contributed by atoms with E-state index in [1.54, 1.807) is 0 Å². The summed E-state index contributed by atoms with van der Waals surface area (Å²) in [5.74, 6) is -1.24. The summed E-state index contributed by atoms with van der Waals surface area (Å²) in [5.41, 5.74) is 0. The number of nitrogens with one attached hydrogen (secondary N) is 2. The molecule has 4 nitrogen and oxygen atoms in total. The number of hydrogen-bond acceptors (Lipinski definition) is 3. The van der Waals surface area contributed by atoms with E-state index in [9.17, 15) is 4.79 Å². The Balaban J connectivity index is 4.27. The van der Waals surface area contributed by atoms with E-state index in [1.807, 2.05) is 13.0 Å². The van der Waals surface area contributed by atoms with E-state index >= 15 is 0 Å². The molecule has 0 aliphatic carbocycles. The fraction of sp³-hybridized carbons (Fsp3) is 0.571. The van der Waals surface area contributed by atoms with E-state index < -0.39 is 5.92 Å². The van der Waals surface area contributed by atoms with Crippen molar-refractivity contribution in [3.63, 3.8) is 0 Å². The summed E-state index contributed by atoms with van der Waals surface area (Å²) in [4.78, 5) is 11.3. The second-order valence-corrected chi connectivity index (χ2v) is 2.51. The normalized spacial score (nSPS) is 11.1. The third-order valence-electron chi connectivity index (χ3n) is 1.25. The Hall–Kier alpha value is -1.15. The van der Waals surface area contributed by atoms with Crippen LogP contribution < -0.4 is 10.6 Å². The maximum Gasteiger partial charge on any atom is 0.244 e. The van der Waals surface area contributed by atoms with Crippen molar-refractivity contribution >= 4 is 23.1 Å². The second kappa shape index (κ2) is 5.49. The molecule has 5 heteroatoms. The van der Waals surface area contributed by atoms with Crippen LogP contribution in [-0.4, -0.2) is 24.5 Å². The molecule has 1 amide bonds. The summed E-state index contributed by atoms with van der Waals surface area (Å²) in [5, 5.41) is 13.7. The van der Waals surface area contributed by atoms with Gasteiger partial charge >= 0.3 is 0 Å². The molecule has 1 atom stereocenters. The summed E-state index contributed by atoms with van der Waals surface area (Å²) in [6, 6.07) is 1.82. The number of carbonyl (C=O) groups is 1. The zero-order valence-electron chi connectivity index (χ0n) is 7.05. The van der Waals surface area contributed by atoms with Crippen LogP contribution in [0.5, 0.6) is 0 Å². The van der Waals surface area contributed by atoms with Gasteiger partial charge in [-0.3, -0.25) is 4.79 Å². The highest BCUT2D eigenvalue weighted by molar-refractivity contribution is 7.80. The molecule has 0 bridgehead atoms. The monoisotopic (exact) mass is 185 g/mol. The molecule has 0 saturated carbocycles. The third kappa shape index (κ3) is 2.84. The Morgan fingerprint density at radius 1 is 1.75 bits per heavy atom. The molecule has 12 heavy (non-hydrogen) atoms. The van der Waals surface area contributed by atoms with Crippen LogP contribution in [0.4, 0.5) is 0 Å². The molecule has 0 saturated heterocycles. The topological polar surface area (TPSA) is 64.9 Å². The summed E-state index contributed by atoms with van der Waals surface area (Å²) < 4.78 is 0. The van der Waals surface area contributed by atoms with E-state index in [-0.39, 0.29) is 10.9 Å². The van der Waals surface area contributed by atoms with E-state index in [0.717, 1.165) is 0 Å². The Bertz CT molecular complexity index is 221. The lowest BCUT2D eigenvalue weighted by Gasteiger charge is -2.09. The molecule has 1 unspecified atom stereocenters. The zero-order chi connectivity index (χ0) is 9.56. The summed E-state index contributed by atoms with van der Waals surface area (Å²) in [6.45, 7) is 2.47. The van der Waals surface area contributed by atoms with Gasteiger partial charge in [-0.2, -0.15) is 5.26 Å². The number of nitriles is 1. The molecule has 0 aromatic heterocycles. The lowest BCUT2D eigenvalue weighted by Crippen LogP contribution is -2.38. The van der Waals surface area contributed by atoms with Crippen molar-refractivity contribution in [1.82, 2.24) is 10.6 Å². The number of rotatable bonds is 3. The first-order valence-corrected chi connectivity index (χ1v) is 3.97. The van der Waals surface area contributed by atoms with Gasteiger partial charge < -0.3 is 10.6 Å². The average Bonchev–Trinajstić information content (AvgIpc) is 2.06. The molecule has 0 spiro atoms. The smallest absolute Gasteiger partial charge is 0.244 e. The van der Waals surface area contributed by atoms with Crippen LogP contribution in [0.2, 0.25) is 0 Å². The van der Waals surface area contributed by atoms with Gasteiger partial charge in [-0.05, 0) is 6.92 Å². The number of thiocarbonyl (C=S) groups is 1. The zero-order valence-corrected chi connectivity index (χ0v) is 7.86. The maximum atomic E-state index is 11.0. The molecule has 66 valence electrons. The maximum absolute atomic E-state index is 11.0. The minimum absolute atomic E-state index is 0.277. The fourth-order valence-electron chi connectivity index (χ4n) is 0.657. The summed E-state index contributed by atoms with van der Waals surface area (Å²) in [6.07, 6.45) is 0.